The summed E-state index contributed by atoms with van der Waals surface area (Å²) in [5, 5.41) is 8.64. The maximum Gasteiger partial charge on any atom is 0.180 e. The normalized spacial score (nSPS) is 9.68. The van der Waals surface area contributed by atoms with E-state index < -0.39 is 0 Å². The van der Waals surface area contributed by atoms with Crippen LogP contribution in [-0.4, -0.2) is 20.3 Å². The van der Waals surface area contributed by atoms with Gasteiger partial charge in [0.05, 0.1) is 9.75 Å². The summed E-state index contributed by atoms with van der Waals surface area (Å²) < 4.78 is 4.75. The highest BCUT2D eigenvalue weighted by molar-refractivity contribution is 8.93. The highest BCUT2D eigenvalue weighted by Gasteiger charge is 2.18. The second-order valence-electron chi connectivity index (χ2n) is 3.09. The van der Waals surface area contributed by atoms with Crippen LogP contribution in [0.4, 0.5) is 10.3 Å². The average Bonchev–Trinajstić information content (AvgIpc) is 2.96. The minimum Gasteiger partial charge on any atom is -0.375 e. The van der Waals surface area contributed by atoms with Crippen molar-refractivity contribution in [1.82, 2.24) is 20.3 Å². The number of hydrogen-bond donors (Lipinski definition) is 2. The van der Waals surface area contributed by atoms with Crippen molar-refractivity contribution in [2.24, 2.45) is 0 Å². The van der Waals surface area contributed by atoms with E-state index in [9.17, 15) is 0 Å². The van der Waals surface area contributed by atoms with Crippen molar-refractivity contribution >= 4 is 66.9 Å². The second-order valence-corrected chi connectivity index (χ2v) is 5.21. The van der Waals surface area contributed by atoms with E-state index in [4.69, 9.17) is 16.1 Å². The van der Waals surface area contributed by atoms with E-state index >= 15 is 0 Å². The molecule has 7 nitrogen and oxygen atoms in total. The van der Waals surface area contributed by atoms with E-state index in [0.717, 1.165) is 9.75 Å². The fourth-order valence-electron chi connectivity index (χ4n) is 1.31. The van der Waals surface area contributed by atoms with Crippen LogP contribution < -0.4 is 11.5 Å². The number of nitrogens with zero attached hydrogens (tertiary/aromatic N) is 4. The average molecular weight is 428 g/mol. The lowest BCUT2D eigenvalue weighted by molar-refractivity contribution is 0.310. The highest BCUT2D eigenvalue weighted by Crippen LogP contribution is 2.35. The number of nitrogens with two attached hydrogens (primary N) is 2. The van der Waals surface area contributed by atoms with Gasteiger partial charge in [0.15, 0.2) is 21.7 Å². The molecule has 0 aliphatic heterocycles. The lowest BCUT2D eigenvalue weighted by Gasteiger charge is -1.90. The zero-order valence-corrected chi connectivity index (χ0v) is 14.2. The molecule has 0 amide bonds. The van der Waals surface area contributed by atoms with E-state index in [2.05, 4.69) is 20.3 Å². The van der Waals surface area contributed by atoms with Crippen molar-refractivity contribution in [2.45, 2.75) is 0 Å². The summed E-state index contributed by atoms with van der Waals surface area (Å²) in [5.41, 5.74) is 12.4. The Hall–Kier alpha value is -1.04. The SMILES string of the molecule is Br.Br.Nc1ncc(-c2nonc2-c2cnc(N)s2)s1. The first-order valence-electron chi connectivity index (χ1n) is 4.50. The maximum atomic E-state index is 5.58. The van der Waals surface area contributed by atoms with Gasteiger partial charge in [0.25, 0.3) is 0 Å². The Morgan fingerprint density at radius 3 is 1.58 bits per heavy atom. The van der Waals surface area contributed by atoms with Gasteiger partial charge in [-0.05, 0) is 10.3 Å². The third-order valence-electron chi connectivity index (χ3n) is 2.00. The van der Waals surface area contributed by atoms with Gasteiger partial charge in [-0.2, -0.15) is 0 Å². The first-order valence-corrected chi connectivity index (χ1v) is 6.13. The Morgan fingerprint density at radius 1 is 0.842 bits per heavy atom. The Bertz CT molecular complexity index is 611. The predicted molar refractivity (Wildman–Crippen MR) is 86.0 cm³/mol. The number of nitrogen functional groups attached to an aromatic ring is 2. The molecule has 102 valence electrons. The first kappa shape index (κ1) is 16.0. The van der Waals surface area contributed by atoms with Crippen molar-refractivity contribution in [3.05, 3.63) is 12.4 Å². The quantitative estimate of drug-likeness (QED) is 0.645. The molecule has 0 aromatic carbocycles. The van der Waals surface area contributed by atoms with Gasteiger partial charge in [-0.15, -0.1) is 34.0 Å². The molecule has 0 saturated heterocycles. The smallest absolute Gasteiger partial charge is 0.180 e. The molecule has 0 radical (unpaired) electrons. The van der Waals surface area contributed by atoms with Gasteiger partial charge in [0.2, 0.25) is 0 Å². The standard InChI is InChI=1S/C8H6N6OS2.2BrH/c9-7-11-1-3(16-7)5-6(14-15-13-5)4-2-12-8(10)17-4;;/h1-2H,(H2,9,11)(H2,10,12);2*1H. The predicted octanol–water partition coefficient (Wildman–Crippen LogP) is 2.64. The van der Waals surface area contributed by atoms with Crippen molar-refractivity contribution in [1.29, 1.82) is 0 Å². The third-order valence-corrected chi connectivity index (χ3v) is 3.67. The minimum absolute atomic E-state index is 0. The fourth-order valence-corrected chi connectivity index (χ4v) is 2.64. The Kier molecular flexibility index (Phi) is 5.40. The van der Waals surface area contributed by atoms with Gasteiger partial charge in [-0.25, -0.2) is 14.6 Å². The van der Waals surface area contributed by atoms with E-state index in [0.29, 0.717) is 21.7 Å². The number of hydrogen-bond acceptors (Lipinski definition) is 9. The Balaban J connectivity index is 0.000000902. The number of anilines is 2. The molecule has 0 saturated carbocycles. The first-order chi connectivity index (χ1) is 8.24. The van der Waals surface area contributed by atoms with Gasteiger partial charge in [-0.1, -0.05) is 22.7 Å². The minimum atomic E-state index is 0. The molecule has 0 aliphatic carbocycles. The summed E-state index contributed by atoms with van der Waals surface area (Å²) in [6.07, 6.45) is 3.26. The molecule has 0 aliphatic rings. The molecule has 19 heavy (non-hydrogen) atoms. The number of halogens is 2. The maximum absolute atomic E-state index is 5.58. The molecular weight excluding hydrogens is 420 g/mol. The van der Waals surface area contributed by atoms with Gasteiger partial charge in [0, 0.05) is 12.4 Å². The van der Waals surface area contributed by atoms with E-state index in [1.165, 1.54) is 22.7 Å². The second kappa shape index (κ2) is 6.41. The zero-order valence-electron chi connectivity index (χ0n) is 9.14. The van der Waals surface area contributed by atoms with Crippen LogP contribution in [0.2, 0.25) is 0 Å². The zero-order chi connectivity index (χ0) is 11.8. The summed E-state index contributed by atoms with van der Waals surface area (Å²) >= 11 is 2.64. The Morgan fingerprint density at radius 2 is 1.26 bits per heavy atom. The molecule has 3 aromatic heterocycles. The molecule has 11 heteroatoms. The summed E-state index contributed by atoms with van der Waals surface area (Å²) in [5.74, 6) is 0. The highest BCUT2D eigenvalue weighted by atomic mass is 79.9. The van der Waals surface area contributed by atoms with E-state index in [1.807, 2.05) is 0 Å². The monoisotopic (exact) mass is 426 g/mol. The van der Waals surface area contributed by atoms with Crippen molar-refractivity contribution in [3.63, 3.8) is 0 Å². The molecule has 0 bridgehead atoms. The summed E-state index contributed by atoms with van der Waals surface area (Å²) in [6, 6.07) is 0. The molecule has 3 rings (SSSR count). The number of thiazole rings is 2. The van der Waals surface area contributed by atoms with Crippen LogP contribution >= 0.6 is 56.6 Å². The molecule has 0 atom stereocenters. The topological polar surface area (TPSA) is 117 Å². The van der Waals surface area contributed by atoms with Gasteiger partial charge < -0.3 is 11.5 Å². The largest absolute Gasteiger partial charge is 0.375 e. The molecule has 0 unspecified atom stereocenters. The fraction of sp³-hybridized carbons (Fsp3) is 0. The summed E-state index contributed by atoms with van der Waals surface area (Å²) in [4.78, 5) is 9.52. The van der Waals surface area contributed by atoms with Crippen LogP contribution in [0, 0.1) is 0 Å². The Labute approximate surface area is 136 Å². The summed E-state index contributed by atoms with van der Waals surface area (Å²) in [6.45, 7) is 0. The van der Waals surface area contributed by atoms with Crippen LogP contribution in [0.15, 0.2) is 17.0 Å². The molecule has 3 aromatic rings. The van der Waals surface area contributed by atoms with Gasteiger partial charge >= 0.3 is 0 Å². The van der Waals surface area contributed by atoms with Crippen LogP contribution in [0.1, 0.15) is 0 Å². The van der Waals surface area contributed by atoms with Crippen molar-refractivity contribution in [3.8, 4) is 21.1 Å². The van der Waals surface area contributed by atoms with E-state index in [-0.39, 0.29) is 34.0 Å². The molecule has 0 spiro atoms. The molecular formula is C8H8Br2N6OS2. The van der Waals surface area contributed by atoms with Crippen LogP contribution in [-0.2, 0) is 0 Å². The lowest BCUT2D eigenvalue weighted by Crippen LogP contribution is -1.78. The summed E-state index contributed by atoms with van der Waals surface area (Å²) in [7, 11) is 0. The van der Waals surface area contributed by atoms with Crippen LogP contribution in [0.3, 0.4) is 0 Å². The molecule has 3 heterocycles. The number of rotatable bonds is 2. The van der Waals surface area contributed by atoms with Crippen LogP contribution in [0.25, 0.3) is 21.1 Å². The van der Waals surface area contributed by atoms with E-state index in [1.54, 1.807) is 12.4 Å². The van der Waals surface area contributed by atoms with Crippen molar-refractivity contribution in [2.75, 3.05) is 11.5 Å². The molecule has 0 fully saturated rings. The van der Waals surface area contributed by atoms with Crippen molar-refractivity contribution < 1.29 is 4.63 Å². The lowest BCUT2D eigenvalue weighted by atomic mass is 10.3. The van der Waals surface area contributed by atoms with Crippen LogP contribution in [0.5, 0.6) is 0 Å². The molecule has 4 N–H and O–H groups in total. The number of aromatic nitrogens is 4. The van der Waals surface area contributed by atoms with Gasteiger partial charge in [0.1, 0.15) is 0 Å². The van der Waals surface area contributed by atoms with Gasteiger partial charge in [-0.3, -0.25) is 0 Å². The third kappa shape index (κ3) is 3.11.